The first-order valence-electron chi connectivity index (χ1n) is 0.204. The minimum atomic E-state index is 0. The molecule has 0 fully saturated rings. The van der Waals surface area contributed by atoms with Crippen LogP contribution in [0.1, 0.15) is 0 Å². The molecule has 0 amide bonds. The Morgan fingerprint density at radius 3 is 0.714 bits per heavy atom. The van der Waals surface area contributed by atoms with Gasteiger partial charge in [0.15, 0.2) is 0 Å². The molecule has 0 bridgehead atoms. The molecule has 0 aromatic rings. The molecule has 0 unspecified atom stereocenters. The Balaban J connectivity index is -0.000000000500. The zero-order valence-electron chi connectivity index (χ0n) is 2.75. The molecular formula is CI4IrO. The Morgan fingerprint density at radius 2 is 0.714 bits per heavy atom. The van der Waals surface area contributed by atoms with Gasteiger partial charge in [-0.05, 0) is 0 Å². The van der Waals surface area contributed by atoms with Gasteiger partial charge in [0.25, 0.3) is 6.79 Å². The van der Waals surface area contributed by atoms with Crippen molar-refractivity contribution in [2.24, 2.45) is 0 Å². The van der Waals surface area contributed by atoms with Gasteiger partial charge in [-0.1, -0.05) is 0 Å². The predicted octanol–water partition coefficient (Wildman–Crippen LogP) is -12.4. The Labute approximate surface area is 125 Å². The van der Waals surface area contributed by atoms with Crippen LogP contribution >= 0.6 is 0 Å². The van der Waals surface area contributed by atoms with E-state index in [1.807, 2.05) is 0 Å². The van der Waals surface area contributed by atoms with Crippen LogP contribution in [0.15, 0.2) is 0 Å². The summed E-state index contributed by atoms with van der Waals surface area (Å²) in [5, 5.41) is 0. The summed E-state index contributed by atoms with van der Waals surface area (Å²) >= 11 is 0. The van der Waals surface area contributed by atoms with Crippen LogP contribution in [0.2, 0.25) is 0 Å². The fourth-order valence-corrected chi connectivity index (χ4v) is 0. The van der Waals surface area contributed by atoms with Crippen LogP contribution in [0.25, 0.3) is 0 Å². The standard InChI is InChI=1S/CO.4HI.Ir/c1-2;;;;;/h;4*1H;/q;;;;;+4/p-4. The van der Waals surface area contributed by atoms with E-state index in [4.69, 9.17) is 4.79 Å². The summed E-state index contributed by atoms with van der Waals surface area (Å²) in [6.07, 6.45) is 0. The van der Waals surface area contributed by atoms with Crippen molar-refractivity contribution >= 4 is 6.79 Å². The van der Waals surface area contributed by atoms with Crippen LogP contribution in [-0.4, -0.2) is 6.79 Å². The Morgan fingerprint density at radius 1 is 0.714 bits per heavy atom. The maximum absolute atomic E-state index is 7.50. The number of carbonyl (C=O) groups excluding carboxylic acids is 1. The van der Waals surface area contributed by atoms with Gasteiger partial charge < -0.3 is 95.9 Å². The predicted molar refractivity (Wildman–Crippen MR) is 5.69 cm³/mol. The molecule has 0 saturated heterocycles. The van der Waals surface area contributed by atoms with Gasteiger partial charge in [0.1, 0.15) is 0 Å². The maximum atomic E-state index is 7.50. The van der Waals surface area contributed by atoms with E-state index in [9.17, 15) is 0 Å². The average molecular weight is 728 g/mol. The minimum absolute atomic E-state index is 0. The first kappa shape index (κ1) is 48.6. The SMILES string of the molecule is [C]=O.[I-].[I-].[I-].[I-].[Ir+4]. The van der Waals surface area contributed by atoms with Crippen molar-refractivity contribution in [1.82, 2.24) is 0 Å². The van der Waals surface area contributed by atoms with Crippen LogP contribution in [-0.2, 0) is 24.9 Å². The number of hydrogen-bond acceptors (Lipinski definition) is 1. The minimum Gasteiger partial charge on any atom is -1.00 e. The Bertz CT molecular complexity index is 11.7. The van der Waals surface area contributed by atoms with E-state index < -0.39 is 0 Å². The Hall–Kier alpha value is 3.24. The monoisotopic (exact) mass is 729 g/mol. The van der Waals surface area contributed by atoms with Crippen LogP contribution in [0, 0.1) is 0 Å². The van der Waals surface area contributed by atoms with Crippen LogP contribution in [0.4, 0.5) is 0 Å². The van der Waals surface area contributed by atoms with Crippen molar-refractivity contribution < 1.29 is 121 Å². The third-order valence-electron chi connectivity index (χ3n) is 0. The van der Waals surface area contributed by atoms with E-state index in [0.29, 0.717) is 0 Å². The van der Waals surface area contributed by atoms with Crippen LogP contribution in [0.5, 0.6) is 0 Å². The number of halogens is 4. The molecule has 0 aliphatic heterocycles. The van der Waals surface area contributed by atoms with Crippen molar-refractivity contribution in [3.8, 4) is 0 Å². The summed E-state index contributed by atoms with van der Waals surface area (Å²) in [7, 11) is 0. The topological polar surface area (TPSA) is 17.1 Å². The molecule has 0 rings (SSSR count). The fraction of sp³-hybridized carbons (Fsp3) is 0. The molecule has 6 heteroatoms. The van der Waals surface area contributed by atoms with Gasteiger partial charge in [-0.25, -0.2) is 0 Å². The molecule has 0 atom stereocenters. The van der Waals surface area contributed by atoms with Gasteiger partial charge in [0, 0.05) is 0 Å². The van der Waals surface area contributed by atoms with Gasteiger partial charge in [-0.15, -0.1) is 0 Å². The van der Waals surface area contributed by atoms with E-state index in [0.717, 1.165) is 0 Å². The molecule has 0 spiro atoms. The summed E-state index contributed by atoms with van der Waals surface area (Å²) in [5.74, 6) is 0. The smallest absolute Gasteiger partial charge is 1.00 e. The summed E-state index contributed by atoms with van der Waals surface area (Å²) in [6.45, 7) is 4.50. The van der Waals surface area contributed by atoms with E-state index in [2.05, 4.69) is 6.79 Å². The third-order valence-corrected chi connectivity index (χ3v) is 0. The number of rotatable bonds is 0. The summed E-state index contributed by atoms with van der Waals surface area (Å²) < 4.78 is 0. The summed E-state index contributed by atoms with van der Waals surface area (Å²) in [4.78, 5) is 7.50. The van der Waals surface area contributed by atoms with Crippen LogP contribution in [0.3, 0.4) is 0 Å². The summed E-state index contributed by atoms with van der Waals surface area (Å²) in [5.41, 5.74) is 0. The van der Waals surface area contributed by atoms with Gasteiger partial charge >= 0.3 is 20.1 Å². The molecule has 0 aromatic carbocycles. The van der Waals surface area contributed by atoms with Crippen molar-refractivity contribution in [3.05, 3.63) is 0 Å². The molecule has 47 valence electrons. The van der Waals surface area contributed by atoms with Crippen molar-refractivity contribution in [2.45, 2.75) is 0 Å². The first-order chi connectivity index (χ1) is 1.00. The first-order valence-corrected chi connectivity index (χ1v) is 0.204. The zero-order chi connectivity index (χ0) is 2.00. The normalized spacial score (nSPS) is 0.571. The Kier molecular flexibility index (Phi) is 415. The van der Waals surface area contributed by atoms with E-state index in [-0.39, 0.29) is 116 Å². The molecule has 0 aliphatic rings. The molecule has 0 aromatic heterocycles. The quantitative estimate of drug-likeness (QED) is 0.227. The van der Waals surface area contributed by atoms with Crippen molar-refractivity contribution in [1.29, 1.82) is 0 Å². The second kappa shape index (κ2) is 59.8. The molecule has 7 heavy (non-hydrogen) atoms. The van der Waals surface area contributed by atoms with E-state index >= 15 is 0 Å². The fourth-order valence-electron chi connectivity index (χ4n) is 0. The average Bonchev–Trinajstić information content (AvgIpc) is 1.00. The molecule has 0 aliphatic carbocycles. The largest absolute Gasteiger partial charge is 4.00 e. The van der Waals surface area contributed by atoms with E-state index in [1.165, 1.54) is 0 Å². The second-order valence-electron chi connectivity index (χ2n) is 0. The zero-order valence-corrected chi connectivity index (χ0v) is 13.8. The van der Waals surface area contributed by atoms with Crippen LogP contribution < -0.4 is 95.9 Å². The molecule has 0 saturated carbocycles. The second-order valence-corrected chi connectivity index (χ2v) is 0. The van der Waals surface area contributed by atoms with E-state index in [1.54, 1.807) is 0 Å². The molecule has 3 radical (unpaired) electrons. The van der Waals surface area contributed by atoms with Crippen molar-refractivity contribution in [2.75, 3.05) is 0 Å². The molecular weight excluding hydrogens is 728 g/mol. The van der Waals surface area contributed by atoms with Gasteiger partial charge in [-0.2, -0.15) is 0 Å². The number of hydrogen-bond donors (Lipinski definition) is 0. The van der Waals surface area contributed by atoms with Crippen molar-refractivity contribution in [3.63, 3.8) is 0 Å². The maximum Gasteiger partial charge on any atom is 4.00 e. The summed E-state index contributed by atoms with van der Waals surface area (Å²) in [6, 6.07) is 0. The van der Waals surface area contributed by atoms with Gasteiger partial charge in [-0.3, -0.25) is 4.79 Å². The van der Waals surface area contributed by atoms with Gasteiger partial charge in [0.05, 0.1) is 0 Å². The molecule has 1 nitrogen and oxygen atoms in total. The molecule has 0 heterocycles. The molecule has 0 N–H and O–H groups in total. The van der Waals surface area contributed by atoms with Gasteiger partial charge in [0.2, 0.25) is 0 Å². The third kappa shape index (κ3) is 46.1.